The van der Waals surface area contributed by atoms with Crippen molar-refractivity contribution in [2.24, 2.45) is 7.05 Å². The summed E-state index contributed by atoms with van der Waals surface area (Å²) in [4.78, 5) is 25.9. The van der Waals surface area contributed by atoms with E-state index in [0.29, 0.717) is 29.6 Å². The van der Waals surface area contributed by atoms with Crippen LogP contribution in [0.2, 0.25) is 0 Å². The molecule has 0 spiro atoms. The van der Waals surface area contributed by atoms with Gasteiger partial charge in [0, 0.05) is 26.0 Å². The van der Waals surface area contributed by atoms with Crippen molar-refractivity contribution in [3.05, 3.63) is 71.4 Å². The van der Waals surface area contributed by atoms with Gasteiger partial charge in [-0.15, -0.1) is 0 Å². The van der Waals surface area contributed by atoms with Gasteiger partial charge in [0.05, 0.1) is 16.7 Å². The highest BCUT2D eigenvalue weighted by Crippen LogP contribution is 2.25. The van der Waals surface area contributed by atoms with Crippen LogP contribution in [0.4, 0.5) is 0 Å². The summed E-state index contributed by atoms with van der Waals surface area (Å²) >= 11 is 0. The summed E-state index contributed by atoms with van der Waals surface area (Å²) in [6, 6.07) is 15.3. The summed E-state index contributed by atoms with van der Waals surface area (Å²) in [5.41, 5.74) is 3.58. The smallest absolute Gasteiger partial charge is 0.334 e. The Morgan fingerprint density at radius 3 is 2.41 bits per heavy atom. The van der Waals surface area contributed by atoms with E-state index in [1.165, 1.54) is 0 Å². The number of hydrogen-bond acceptors (Lipinski definition) is 5. The molecule has 0 N–H and O–H groups in total. The first kappa shape index (κ1) is 17.2. The second kappa shape index (κ2) is 6.59. The van der Waals surface area contributed by atoms with E-state index in [1.54, 1.807) is 21.5 Å². The zero-order valence-electron chi connectivity index (χ0n) is 16.0. The summed E-state index contributed by atoms with van der Waals surface area (Å²) in [6.07, 6.45) is 3.39. The van der Waals surface area contributed by atoms with Gasteiger partial charge in [0.2, 0.25) is 0 Å². The van der Waals surface area contributed by atoms with E-state index in [1.807, 2.05) is 67.1 Å². The van der Waals surface area contributed by atoms with E-state index < -0.39 is 0 Å². The quantitative estimate of drug-likeness (QED) is 0.474. The molecule has 8 heteroatoms. The zero-order valence-corrected chi connectivity index (χ0v) is 16.0. The molecule has 4 aromatic heterocycles. The second-order valence-corrected chi connectivity index (χ2v) is 6.60. The Kier molecular flexibility index (Phi) is 3.90. The average Bonchev–Trinajstić information content (AvgIpc) is 3.22. The Morgan fingerprint density at radius 1 is 0.966 bits per heavy atom. The maximum Gasteiger partial charge on any atom is 0.334 e. The predicted octanol–water partition coefficient (Wildman–Crippen LogP) is 3.28. The van der Waals surface area contributed by atoms with Crippen molar-refractivity contribution < 1.29 is 4.74 Å². The fraction of sp³-hybridized carbons (Fsp3) is 0.143. The molecule has 4 heterocycles. The Bertz CT molecular complexity index is 1390. The third-order valence-corrected chi connectivity index (χ3v) is 4.93. The highest BCUT2D eigenvalue weighted by Gasteiger charge is 2.15. The minimum atomic E-state index is -0.115. The number of pyridine rings is 2. The van der Waals surface area contributed by atoms with Gasteiger partial charge >= 0.3 is 11.7 Å². The number of aromatic nitrogens is 6. The third kappa shape index (κ3) is 2.68. The first-order valence-corrected chi connectivity index (χ1v) is 9.29. The monoisotopic (exact) mass is 386 g/mol. The lowest BCUT2D eigenvalue weighted by atomic mass is 10.3. The Morgan fingerprint density at radius 2 is 1.69 bits per heavy atom. The summed E-state index contributed by atoms with van der Waals surface area (Å²) < 4.78 is 11.1. The van der Waals surface area contributed by atoms with Crippen molar-refractivity contribution in [2.75, 3.05) is 0 Å². The number of fused-ring (bicyclic) bond motifs is 2. The lowest BCUT2D eigenvalue weighted by Crippen LogP contribution is -2.22. The van der Waals surface area contributed by atoms with E-state index in [9.17, 15) is 4.79 Å². The van der Waals surface area contributed by atoms with Crippen LogP contribution in [0.15, 0.2) is 65.7 Å². The standard InChI is InChI=1S/C21H18N6O2/c1-3-26-17-7-5-13-23-19(17)27(21(26)28)14-8-10-15(11-9-14)29-20-24-18-16(25(20)2)6-4-12-22-18/h4-13H,3H2,1-2H3. The van der Waals surface area contributed by atoms with Crippen LogP contribution < -0.4 is 10.4 Å². The number of hydrogen-bond donors (Lipinski definition) is 0. The molecule has 0 saturated carbocycles. The molecular weight excluding hydrogens is 368 g/mol. The van der Waals surface area contributed by atoms with Crippen LogP contribution in [-0.2, 0) is 13.6 Å². The van der Waals surface area contributed by atoms with E-state index in [4.69, 9.17) is 4.74 Å². The fourth-order valence-corrected chi connectivity index (χ4v) is 3.49. The molecule has 0 unspecified atom stereocenters. The first-order valence-electron chi connectivity index (χ1n) is 9.29. The average molecular weight is 386 g/mol. The minimum Gasteiger partial charge on any atom is -0.425 e. The van der Waals surface area contributed by atoms with Crippen LogP contribution in [0.5, 0.6) is 11.8 Å². The van der Waals surface area contributed by atoms with Crippen LogP contribution in [0.1, 0.15) is 6.92 Å². The van der Waals surface area contributed by atoms with Crippen LogP contribution in [0, 0.1) is 0 Å². The zero-order chi connectivity index (χ0) is 20.0. The number of imidazole rings is 2. The molecule has 144 valence electrons. The van der Waals surface area contributed by atoms with Crippen molar-refractivity contribution in [1.82, 2.24) is 28.7 Å². The number of ether oxygens (including phenoxy) is 1. The van der Waals surface area contributed by atoms with Crippen LogP contribution in [0.25, 0.3) is 28.0 Å². The SMILES string of the molecule is CCn1c(=O)n(-c2ccc(Oc3nc4ncccc4n3C)cc2)c2ncccc21. The van der Waals surface area contributed by atoms with Gasteiger partial charge in [-0.25, -0.2) is 19.3 Å². The maximum absolute atomic E-state index is 12.9. The Labute approximate surface area is 165 Å². The third-order valence-electron chi connectivity index (χ3n) is 4.93. The van der Waals surface area contributed by atoms with Crippen molar-refractivity contribution in [3.8, 4) is 17.4 Å². The number of benzene rings is 1. The molecule has 5 aromatic rings. The Hall–Kier alpha value is -3.94. The molecule has 0 aliphatic carbocycles. The molecule has 0 aliphatic heterocycles. The first-order chi connectivity index (χ1) is 14.2. The topological polar surface area (TPSA) is 79.8 Å². The van der Waals surface area contributed by atoms with E-state index in [2.05, 4.69) is 15.0 Å². The van der Waals surface area contributed by atoms with Crippen LogP contribution >= 0.6 is 0 Å². The number of nitrogens with zero attached hydrogens (tertiary/aromatic N) is 6. The molecule has 1 aromatic carbocycles. The molecule has 0 bridgehead atoms. The van der Waals surface area contributed by atoms with E-state index >= 15 is 0 Å². The molecule has 0 atom stereocenters. The van der Waals surface area contributed by atoms with E-state index in [0.717, 1.165) is 16.7 Å². The molecule has 0 fully saturated rings. The minimum absolute atomic E-state index is 0.115. The van der Waals surface area contributed by atoms with Gasteiger partial charge < -0.3 is 4.74 Å². The number of rotatable bonds is 4. The predicted molar refractivity (Wildman–Crippen MR) is 110 cm³/mol. The Balaban J connectivity index is 1.53. The van der Waals surface area contributed by atoms with Gasteiger partial charge in [0.15, 0.2) is 11.3 Å². The molecule has 5 rings (SSSR count). The molecule has 0 aliphatic rings. The van der Waals surface area contributed by atoms with Crippen molar-refractivity contribution >= 4 is 22.3 Å². The van der Waals surface area contributed by atoms with Gasteiger partial charge in [0.1, 0.15) is 5.75 Å². The van der Waals surface area contributed by atoms with Gasteiger partial charge in [-0.2, -0.15) is 4.98 Å². The lowest BCUT2D eigenvalue weighted by molar-refractivity contribution is 0.427. The van der Waals surface area contributed by atoms with Crippen molar-refractivity contribution in [2.45, 2.75) is 13.5 Å². The lowest BCUT2D eigenvalue weighted by Gasteiger charge is -2.07. The highest BCUT2D eigenvalue weighted by molar-refractivity contribution is 5.74. The largest absolute Gasteiger partial charge is 0.425 e. The van der Waals surface area contributed by atoms with Gasteiger partial charge in [0.25, 0.3) is 0 Å². The summed E-state index contributed by atoms with van der Waals surface area (Å²) in [6.45, 7) is 2.52. The second-order valence-electron chi connectivity index (χ2n) is 6.60. The normalized spacial score (nSPS) is 11.4. The molecular formula is C21H18N6O2. The van der Waals surface area contributed by atoms with Crippen molar-refractivity contribution in [3.63, 3.8) is 0 Å². The van der Waals surface area contributed by atoms with E-state index in [-0.39, 0.29) is 5.69 Å². The molecule has 0 saturated heterocycles. The van der Waals surface area contributed by atoms with Crippen LogP contribution in [0.3, 0.4) is 0 Å². The number of aryl methyl sites for hydroxylation is 2. The molecule has 29 heavy (non-hydrogen) atoms. The summed E-state index contributed by atoms with van der Waals surface area (Å²) in [5, 5.41) is 0. The van der Waals surface area contributed by atoms with Gasteiger partial charge in [-0.05, 0) is 55.5 Å². The summed E-state index contributed by atoms with van der Waals surface area (Å²) in [7, 11) is 1.88. The maximum atomic E-state index is 12.9. The molecule has 8 nitrogen and oxygen atoms in total. The molecule has 0 amide bonds. The van der Waals surface area contributed by atoms with Gasteiger partial charge in [-0.1, -0.05) is 0 Å². The fourth-order valence-electron chi connectivity index (χ4n) is 3.49. The highest BCUT2D eigenvalue weighted by atomic mass is 16.5. The van der Waals surface area contributed by atoms with Gasteiger partial charge in [-0.3, -0.25) is 9.13 Å². The van der Waals surface area contributed by atoms with Crippen LogP contribution in [-0.4, -0.2) is 28.7 Å². The van der Waals surface area contributed by atoms with Crippen molar-refractivity contribution in [1.29, 1.82) is 0 Å². The summed E-state index contributed by atoms with van der Waals surface area (Å²) in [5.74, 6) is 0.618. The molecule has 0 radical (unpaired) electrons.